The van der Waals surface area contributed by atoms with E-state index in [2.05, 4.69) is 16.3 Å². The first-order valence-corrected chi connectivity index (χ1v) is 5.54. The molecule has 0 unspecified atom stereocenters. The van der Waals surface area contributed by atoms with Crippen molar-refractivity contribution in [1.82, 2.24) is 5.32 Å². The van der Waals surface area contributed by atoms with E-state index < -0.39 is 0 Å². The topological polar surface area (TPSA) is 58.4 Å². The zero-order valence-electron chi connectivity index (χ0n) is 9.49. The highest BCUT2D eigenvalue weighted by Gasteiger charge is 2.13. The lowest BCUT2D eigenvalue weighted by Crippen LogP contribution is -2.28. The summed E-state index contributed by atoms with van der Waals surface area (Å²) in [6.07, 6.45) is 0.559. The first-order chi connectivity index (χ1) is 7.66. The minimum Gasteiger partial charge on any atom is -0.399 e. The molecule has 1 amide bonds. The van der Waals surface area contributed by atoms with Crippen LogP contribution in [-0.4, -0.2) is 25.5 Å². The molecule has 0 bridgehead atoms. The van der Waals surface area contributed by atoms with Crippen molar-refractivity contribution in [1.29, 1.82) is 0 Å². The van der Waals surface area contributed by atoms with Gasteiger partial charge in [0.25, 0.3) is 0 Å². The van der Waals surface area contributed by atoms with Crippen LogP contribution in [0.1, 0.15) is 12.0 Å². The van der Waals surface area contributed by atoms with Crippen LogP contribution in [-0.2, 0) is 4.79 Å². The minimum atomic E-state index is 0.134. The predicted octanol–water partition coefficient (Wildman–Crippen LogP) is 0.904. The summed E-state index contributed by atoms with van der Waals surface area (Å²) in [5.41, 5.74) is 8.83. The SMILES string of the molecule is Cc1cc(N2CCNC(=O)CC2)ccc1N. The number of hydrogen-bond acceptors (Lipinski definition) is 3. The molecule has 86 valence electrons. The molecular formula is C12H17N3O. The molecule has 0 aliphatic carbocycles. The maximum Gasteiger partial charge on any atom is 0.221 e. The Morgan fingerprint density at radius 1 is 1.38 bits per heavy atom. The van der Waals surface area contributed by atoms with Crippen molar-refractivity contribution < 1.29 is 4.79 Å². The van der Waals surface area contributed by atoms with E-state index in [1.54, 1.807) is 0 Å². The summed E-state index contributed by atoms with van der Waals surface area (Å²) < 4.78 is 0. The van der Waals surface area contributed by atoms with Crippen molar-refractivity contribution >= 4 is 17.3 Å². The molecule has 0 atom stereocenters. The molecule has 1 fully saturated rings. The number of aryl methyl sites for hydroxylation is 1. The van der Waals surface area contributed by atoms with Crippen LogP contribution in [0.5, 0.6) is 0 Å². The van der Waals surface area contributed by atoms with Gasteiger partial charge in [-0.3, -0.25) is 4.79 Å². The Morgan fingerprint density at radius 2 is 2.19 bits per heavy atom. The van der Waals surface area contributed by atoms with Crippen molar-refractivity contribution in [2.45, 2.75) is 13.3 Å². The number of anilines is 2. The quantitative estimate of drug-likeness (QED) is 0.690. The lowest BCUT2D eigenvalue weighted by molar-refractivity contribution is -0.120. The largest absolute Gasteiger partial charge is 0.399 e. The fraction of sp³-hybridized carbons (Fsp3) is 0.417. The second-order valence-corrected chi connectivity index (χ2v) is 4.13. The number of hydrogen-bond donors (Lipinski definition) is 2. The molecule has 2 rings (SSSR count). The summed E-state index contributed by atoms with van der Waals surface area (Å²) in [5, 5.41) is 2.86. The molecule has 1 aliphatic rings. The van der Waals surface area contributed by atoms with Gasteiger partial charge in [0.05, 0.1) is 0 Å². The Kier molecular flexibility index (Phi) is 2.99. The van der Waals surface area contributed by atoms with E-state index in [9.17, 15) is 4.79 Å². The molecule has 1 aromatic carbocycles. The molecule has 0 saturated carbocycles. The average molecular weight is 219 g/mol. The maximum atomic E-state index is 11.2. The van der Waals surface area contributed by atoms with E-state index in [0.717, 1.165) is 30.0 Å². The number of carbonyl (C=O) groups is 1. The third kappa shape index (κ3) is 2.27. The van der Waals surface area contributed by atoms with E-state index in [0.29, 0.717) is 13.0 Å². The van der Waals surface area contributed by atoms with E-state index in [1.165, 1.54) is 0 Å². The zero-order chi connectivity index (χ0) is 11.5. The van der Waals surface area contributed by atoms with Crippen LogP contribution >= 0.6 is 0 Å². The number of benzene rings is 1. The Balaban J connectivity index is 2.16. The molecule has 3 N–H and O–H groups in total. The van der Waals surface area contributed by atoms with E-state index >= 15 is 0 Å². The third-order valence-electron chi connectivity index (χ3n) is 2.93. The molecule has 1 aliphatic heterocycles. The Bertz CT molecular complexity index is 403. The lowest BCUT2D eigenvalue weighted by Gasteiger charge is -2.22. The number of rotatable bonds is 1. The lowest BCUT2D eigenvalue weighted by atomic mass is 10.1. The number of carbonyl (C=O) groups excluding carboxylic acids is 1. The molecule has 0 aromatic heterocycles. The van der Waals surface area contributed by atoms with E-state index in [-0.39, 0.29) is 5.91 Å². The summed E-state index contributed by atoms with van der Waals surface area (Å²) in [6, 6.07) is 6.01. The van der Waals surface area contributed by atoms with Gasteiger partial charge in [0.1, 0.15) is 0 Å². The molecule has 1 saturated heterocycles. The van der Waals surface area contributed by atoms with Gasteiger partial charge in [-0.15, -0.1) is 0 Å². The molecule has 0 radical (unpaired) electrons. The van der Waals surface area contributed by atoms with E-state index in [1.807, 2.05) is 19.1 Å². The molecular weight excluding hydrogens is 202 g/mol. The number of nitrogens with zero attached hydrogens (tertiary/aromatic N) is 1. The first kappa shape index (κ1) is 10.8. The Labute approximate surface area is 95.4 Å². The molecule has 4 nitrogen and oxygen atoms in total. The van der Waals surface area contributed by atoms with Crippen LogP contribution < -0.4 is 16.0 Å². The number of nitrogens with two attached hydrogens (primary N) is 1. The highest BCUT2D eigenvalue weighted by molar-refractivity contribution is 5.77. The maximum absolute atomic E-state index is 11.2. The smallest absolute Gasteiger partial charge is 0.221 e. The summed E-state index contributed by atoms with van der Waals surface area (Å²) in [5.74, 6) is 0.134. The minimum absolute atomic E-state index is 0.134. The van der Waals surface area contributed by atoms with Crippen LogP contribution in [0.15, 0.2) is 18.2 Å². The number of nitrogen functional groups attached to an aromatic ring is 1. The fourth-order valence-corrected chi connectivity index (χ4v) is 1.88. The van der Waals surface area contributed by atoms with Crippen LogP contribution in [0.3, 0.4) is 0 Å². The van der Waals surface area contributed by atoms with Gasteiger partial charge < -0.3 is 16.0 Å². The summed E-state index contributed by atoms with van der Waals surface area (Å²) in [6.45, 7) is 4.34. The van der Waals surface area contributed by atoms with Gasteiger partial charge in [-0.2, -0.15) is 0 Å². The number of amides is 1. The van der Waals surface area contributed by atoms with Crippen molar-refractivity contribution in [3.05, 3.63) is 23.8 Å². The zero-order valence-corrected chi connectivity index (χ0v) is 9.49. The van der Waals surface area contributed by atoms with Crippen LogP contribution in [0.2, 0.25) is 0 Å². The summed E-state index contributed by atoms with van der Waals surface area (Å²) in [4.78, 5) is 13.4. The van der Waals surface area contributed by atoms with Crippen molar-refractivity contribution in [2.24, 2.45) is 0 Å². The highest BCUT2D eigenvalue weighted by atomic mass is 16.1. The van der Waals surface area contributed by atoms with Gasteiger partial charge in [0.15, 0.2) is 0 Å². The summed E-state index contributed by atoms with van der Waals surface area (Å²) in [7, 11) is 0. The first-order valence-electron chi connectivity index (χ1n) is 5.54. The van der Waals surface area contributed by atoms with Gasteiger partial charge in [-0.25, -0.2) is 0 Å². The number of nitrogens with one attached hydrogen (secondary N) is 1. The molecule has 1 aromatic rings. The molecule has 1 heterocycles. The van der Waals surface area contributed by atoms with Crippen LogP contribution in [0, 0.1) is 6.92 Å². The standard InChI is InChI=1S/C12H17N3O/c1-9-8-10(2-3-11(9)13)15-6-4-12(16)14-5-7-15/h2-3,8H,4-7,13H2,1H3,(H,14,16). The van der Waals surface area contributed by atoms with Gasteiger partial charge in [-0.05, 0) is 30.7 Å². The van der Waals surface area contributed by atoms with Crippen molar-refractivity contribution in [3.8, 4) is 0 Å². The monoisotopic (exact) mass is 219 g/mol. The van der Waals surface area contributed by atoms with Crippen molar-refractivity contribution in [2.75, 3.05) is 30.3 Å². The van der Waals surface area contributed by atoms with Gasteiger partial charge >= 0.3 is 0 Å². The van der Waals surface area contributed by atoms with Crippen LogP contribution in [0.25, 0.3) is 0 Å². The molecule has 4 heteroatoms. The second-order valence-electron chi connectivity index (χ2n) is 4.13. The summed E-state index contributed by atoms with van der Waals surface area (Å²) >= 11 is 0. The fourth-order valence-electron chi connectivity index (χ4n) is 1.88. The average Bonchev–Trinajstić information content (AvgIpc) is 2.47. The third-order valence-corrected chi connectivity index (χ3v) is 2.93. The van der Waals surface area contributed by atoms with Crippen molar-refractivity contribution in [3.63, 3.8) is 0 Å². The Morgan fingerprint density at radius 3 is 2.94 bits per heavy atom. The van der Waals surface area contributed by atoms with Crippen LogP contribution in [0.4, 0.5) is 11.4 Å². The normalized spacial score (nSPS) is 16.8. The van der Waals surface area contributed by atoms with E-state index in [4.69, 9.17) is 5.73 Å². The second kappa shape index (κ2) is 4.43. The Hall–Kier alpha value is -1.71. The van der Waals surface area contributed by atoms with Gasteiger partial charge in [0.2, 0.25) is 5.91 Å². The van der Waals surface area contributed by atoms with Gasteiger partial charge in [-0.1, -0.05) is 0 Å². The highest BCUT2D eigenvalue weighted by Crippen LogP contribution is 2.21. The predicted molar refractivity (Wildman–Crippen MR) is 65.4 cm³/mol. The van der Waals surface area contributed by atoms with Gasteiger partial charge in [0, 0.05) is 37.4 Å². The molecule has 0 spiro atoms. The molecule has 16 heavy (non-hydrogen) atoms.